The van der Waals surface area contributed by atoms with Gasteiger partial charge in [0.15, 0.2) is 11.5 Å². The first-order valence-electron chi connectivity index (χ1n) is 12.1. The summed E-state index contributed by atoms with van der Waals surface area (Å²) in [6, 6.07) is 6.89. The number of benzene rings is 1. The number of rotatable bonds is 3. The molecule has 0 radical (unpaired) electrons. The molecular formula is C26H30N2O7. The van der Waals surface area contributed by atoms with Crippen molar-refractivity contribution in [2.45, 2.75) is 74.8 Å². The first-order chi connectivity index (χ1) is 16.4. The van der Waals surface area contributed by atoms with E-state index in [0.29, 0.717) is 19.4 Å². The van der Waals surface area contributed by atoms with Crippen LogP contribution in [0, 0.1) is 5.41 Å². The predicted octanol–water partition coefficient (Wildman–Crippen LogP) is 1.71. The third kappa shape index (κ3) is 2.17. The number of anilines is 1. The molecule has 5 aliphatic heterocycles. The Balaban J connectivity index is 1.66. The minimum absolute atomic E-state index is 0.0844. The van der Waals surface area contributed by atoms with E-state index in [2.05, 4.69) is 0 Å². The molecule has 1 aromatic rings. The summed E-state index contributed by atoms with van der Waals surface area (Å²) in [5.41, 5.74) is -4.95. The Hall–Kier alpha value is -2.94. The van der Waals surface area contributed by atoms with Gasteiger partial charge in [0, 0.05) is 25.7 Å². The van der Waals surface area contributed by atoms with Crippen molar-refractivity contribution in [2.24, 2.45) is 5.41 Å². The van der Waals surface area contributed by atoms with E-state index < -0.39 is 51.5 Å². The number of carbonyl (C=O) groups excluding carboxylic acids is 4. The van der Waals surface area contributed by atoms with Gasteiger partial charge in [-0.3, -0.25) is 14.4 Å². The Morgan fingerprint density at radius 1 is 1.20 bits per heavy atom. The molecule has 2 spiro atoms. The second kappa shape index (κ2) is 6.43. The highest BCUT2D eigenvalue weighted by atomic mass is 16.6. The summed E-state index contributed by atoms with van der Waals surface area (Å²) in [6.07, 6.45) is 0.641. The number of esters is 2. The summed E-state index contributed by atoms with van der Waals surface area (Å²) in [5, 5.41) is 0. The maximum Gasteiger partial charge on any atom is 0.348 e. The molecule has 5 aliphatic rings. The van der Waals surface area contributed by atoms with Crippen LogP contribution in [0.3, 0.4) is 0 Å². The molecule has 1 aromatic carbocycles. The molecule has 2 bridgehead atoms. The topological polar surface area (TPSA) is 102 Å². The van der Waals surface area contributed by atoms with Crippen molar-refractivity contribution in [3.05, 3.63) is 29.8 Å². The SMILES string of the molecule is COC(=O)C12O[C@@]34N(CCC[C@]3(CC(=O)OC(C)(C)C)C1=O)C(=O)C[C@]41c3ccccc3N(C)[C@H]21. The highest BCUT2D eigenvalue weighted by Gasteiger charge is 2.96. The van der Waals surface area contributed by atoms with Gasteiger partial charge >= 0.3 is 11.9 Å². The number of Topliss-reactive ketones (excluding diaryl/α,β-unsaturated/α-hetero) is 1. The highest BCUT2D eigenvalue weighted by Crippen LogP contribution is 2.78. The maximum absolute atomic E-state index is 14.6. The molecule has 0 aromatic heterocycles. The van der Waals surface area contributed by atoms with E-state index in [9.17, 15) is 19.2 Å². The Morgan fingerprint density at radius 3 is 2.60 bits per heavy atom. The van der Waals surface area contributed by atoms with Crippen LogP contribution < -0.4 is 4.90 Å². The summed E-state index contributed by atoms with van der Waals surface area (Å²) in [4.78, 5) is 58.6. The van der Waals surface area contributed by atoms with Crippen LogP contribution >= 0.6 is 0 Å². The zero-order valence-corrected chi connectivity index (χ0v) is 20.7. The zero-order chi connectivity index (χ0) is 25.2. The van der Waals surface area contributed by atoms with Gasteiger partial charge in [-0.25, -0.2) is 4.79 Å². The van der Waals surface area contributed by atoms with Crippen molar-refractivity contribution in [3.8, 4) is 0 Å². The zero-order valence-electron chi connectivity index (χ0n) is 20.7. The molecule has 4 fully saturated rings. The van der Waals surface area contributed by atoms with Gasteiger partial charge < -0.3 is 24.0 Å². The fourth-order valence-corrected chi connectivity index (χ4v) is 8.14. The fraction of sp³-hybridized carbons (Fsp3) is 0.615. The number of likely N-dealkylation sites (N-methyl/N-ethyl adjacent to an activating group) is 1. The van der Waals surface area contributed by atoms with Gasteiger partial charge in [-0.15, -0.1) is 0 Å². The summed E-state index contributed by atoms with van der Waals surface area (Å²) in [6.45, 7) is 5.69. The molecule has 9 nitrogen and oxygen atoms in total. The Morgan fingerprint density at radius 2 is 1.91 bits per heavy atom. The quantitative estimate of drug-likeness (QED) is 0.474. The smallest absolute Gasteiger partial charge is 0.348 e. The monoisotopic (exact) mass is 482 g/mol. The number of hydrogen-bond donors (Lipinski definition) is 0. The molecule has 0 aliphatic carbocycles. The Labute approximate surface area is 203 Å². The normalized spacial score (nSPS) is 38.4. The third-order valence-corrected chi connectivity index (χ3v) is 8.79. The van der Waals surface area contributed by atoms with E-state index in [1.54, 1.807) is 25.7 Å². The molecule has 1 unspecified atom stereocenters. The van der Waals surface area contributed by atoms with Crippen molar-refractivity contribution >= 4 is 29.3 Å². The average molecular weight is 483 g/mol. The van der Waals surface area contributed by atoms with Gasteiger partial charge in [-0.1, -0.05) is 18.2 Å². The Kier molecular flexibility index (Phi) is 4.14. The number of nitrogens with zero attached hydrogens (tertiary/aromatic N) is 2. The first kappa shape index (κ1) is 22.5. The van der Waals surface area contributed by atoms with Crippen molar-refractivity contribution in [2.75, 3.05) is 25.6 Å². The van der Waals surface area contributed by atoms with Crippen LogP contribution in [-0.4, -0.2) is 72.2 Å². The number of hydrogen-bond acceptors (Lipinski definition) is 8. The standard InChI is InChI=1S/C26H30N2O7/c1-22(2,3)34-18(30)14-23-11-8-12-28-17(29)13-24-15-9-6-7-10-16(15)27(4)19(24)25(20(23)31,21(32)33-5)35-26(23,24)28/h6-7,9-10,19H,8,11-14H2,1-5H3/t19-,23-,24+,25?,26-/m0/s1. The Bertz CT molecular complexity index is 1210. The molecule has 6 rings (SSSR count). The minimum atomic E-state index is -1.96. The van der Waals surface area contributed by atoms with Gasteiger partial charge in [-0.05, 0) is 45.2 Å². The number of ether oxygens (including phenoxy) is 3. The van der Waals surface area contributed by atoms with Crippen molar-refractivity contribution in [1.82, 2.24) is 4.90 Å². The molecule has 35 heavy (non-hydrogen) atoms. The lowest BCUT2D eigenvalue weighted by Crippen LogP contribution is -2.75. The predicted molar refractivity (Wildman–Crippen MR) is 122 cm³/mol. The molecular weight excluding hydrogens is 452 g/mol. The van der Waals surface area contributed by atoms with Crippen LogP contribution in [0.25, 0.3) is 0 Å². The molecule has 9 heteroatoms. The molecule has 4 saturated heterocycles. The van der Waals surface area contributed by atoms with E-state index in [0.717, 1.165) is 11.3 Å². The van der Waals surface area contributed by atoms with Gasteiger partial charge in [0.2, 0.25) is 11.5 Å². The molecule has 5 atom stereocenters. The van der Waals surface area contributed by atoms with Gasteiger partial charge in [0.25, 0.3) is 0 Å². The third-order valence-electron chi connectivity index (χ3n) is 8.79. The van der Waals surface area contributed by atoms with Crippen molar-refractivity contribution < 1.29 is 33.4 Å². The largest absolute Gasteiger partial charge is 0.466 e. The number of para-hydroxylation sites is 1. The lowest BCUT2D eigenvalue weighted by atomic mass is 9.48. The molecule has 1 amide bonds. The molecule has 5 heterocycles. The summed E-state index contributed by atoms with van der Waals surface area (Å²) in [5.74, 6) is -1.96. The van der Waals surface area contributed by atoms with Crippen LogP contribution in [0.15, 0.2) is 24.3 Å². The second-order valence-electron chi connectivity index (χ2n) is 11.5. The number of piperidine rings is 1. The van der Waals surface area contributed by atoms with Gasteiger partial charge in [0.05, 0.1) is 30.4 Å². The molecule has 0 saturated carbocycles. The van der Waals surface area contributed by atoms with Crippen molar-refractivity contribution in [3.63, 3.8) is 0 Å². The lowest BCUT2D eigenvalue weighted by Gasteiger charge is -2.56. The number of methoxy groups -OCH3 is 1. The summed E-state index contributed by atoms with van der Waals surface area (Å²) in [7, 11) is 3.06. The van der Waals surface area contributed by atoms with Gasteiger partial charge in [0.1, 0.15) is 5.60 Å². The lowest BCUT2D eigenvalue weighted by molar-refractivity contribution is -0.214. The first-order valence-corrected chi connectivity index (χ1v) is 12.1. The van der Waals surface area contributed by atoms with E-state index in [1.807, 2.05) is 36.2 Å². The average Bonchev–Trinajstić information content (AvgIpc) is 3.38. The number of carbonyl (C=O) groups is 4. The fourth-order valence-electron chi connectivity index (χ4n) is 8.14. The maximum atomic E-state index is 14.6. The van der Waals surface area contributed by atoms with Crippen molar-refractivity contribution in [1.29, 1.82) is 0 Å². The number of ketones is 1. The van der Waals surface area contributed by atoms with Crippen LogP contribution in [0.1, 0.15) is 52.0 Å². The number of amides is 1. The van der Waals surface area contributed by atoms with E-state index in [4.69, 9.17) is 14.2 Å². The van der Waals surface area contributed by atoms with Crippen LogP contribution in [0.4, 0.5) is 5.69 Å². The highest BCUT2D eigenvalue weighted by molar-refractivity contribution is 6.18. The van der Waals surface area contributed by atoms with Crippen LogP contribution in [-0.2, 0) is 38.8 Å². The van der Waals surface area contributed by atoms with Crippen LogP contribution in [0.2, 0.25) is 0 Å². The molecule has 186 valence electrons. The van der Waals surface area contributed by atoms with Crippen LogP contribution in [0.5, 0.6) is 0 Å². The second-order valence-corrected chi connectivity index (χ2v) is 11.5. The van der Waals surface area contributed by atoms with E-state index in [1.165, 1.54) is 7.11 Å². The molecule has 0 N–H and O–H groups in total. The number of fused-ring (bicyclic) bond motifs is 3. The minimum Gasteiger partial charge on any atom is -0.466 e. The summed E-state index contributed by atoms with van der Waals surface area (Å²) < 4.78 is 17.6. The summed E-state index contributed by atoms with van der Waals surface area (Å²) >= 11 is 0. The van der Waals surface area contributed by atoms with E-state index in [-0.39, 0.29) is 18.7 Å². The van der Waals surface area contributed by atoms with Gasteiger partial charge in [-0.2, -0.15) is 0 Å². The van der Waals surface area contributed by atoms with E-state index >= 15 is 0 Å².